The Morgan fingerprint density at radius 1 is 1.12 bits per heavy atom. The van der Waals surface area contributed by atoms with Crippen LogP contribution in [0.1, 0.15) is 51.6 Å². The van der Waals surface area contributed by atoms with E-state index < -0.39 is 0 Å². The van der Waals surface area contributed by atoms with E-state index in [2.05, 4.69) is 56.0 Å². The molecule has 17 heavy (non-hydrogen) atoms. The molecule has 1 aliphatic rings. The number of likely N-dealkylation sites (tertiary alicyclic amines) is 1. The first-order valence-corrected chi connectivity index (χ1v) is 6.91. The Bertz CT molecular complexity index is 332. The molecule has 1 aromatic rings. The zero-order chi connectivity index (χ0) is 12.3. The van der Waals surface area contributed by atoms with Crippen molar-refractivity contribution in [1.29, 1.82) is 0 Å². The third kappa shape index (κ3) is 3.10. The van der Waals surface area contributed by atoms with Gasteiger partial charge in [0.25, 0.3) is 0 Å². The van der Waals surface area contributed by atoms with Crippen LogP contribution in [0, 0.1) is 5.41 Å². The largest absolute Gasteiger partial charge is 0.296 e. The van der Waals surface area contributed by atoms with Gasteiger partial charge in [0.05, 0.1) is 0 Å². The summed E-state index contributed by atoms with van der Waals surface area (Å²) in [4.78, 5) is 2.67. The summed E-state index contributed by atoms with van der Waals surface area (Å²) >= 11 is 0. The molecule has 1 unspecified atom stereocenters. The van der Waals surface area contributed by atoms with Gasteiger partial charge in [-0.15, -0.1) is 0 Å². The van der Waals surface area contributed by atoms with Gasteiger partial charge in [-0.05, 0) is 43.3 Å². The fraction of sp³-hybridized carbons (Fsp3) is 0.625. The molecule has 0 radical (unpaired) electrons. The van der Waals surface area contributed by atoms with Crippen LogP contribution >= 0.6 is 0 Å². The van der Waals surface area contributed by atoms with Crippen LogP contribution in [-0.4, -0.2) is 18.0 Å². The maximum Gasteiger partial charge on any atom is 0.0345 e. The van der Waals surface area contributed by atoms with Gasteiger partial charge in [0.15, 0.2) is 0 Å². The van der Waals surface area contributed by atoms with E-state index in [0.29, 0.717) is 11.5 Å². The second-order valence-electron chi connectivity index (χ2n) is 6.03. The average molecular weight is 231 g/mol. The Morgan fingerprint density at radius 2 is 1.71 bits per heavy atom. The van der Waals surface area contributed by atoms with E-state index in [-0.39, 0.29) is 0 Å². The van der Waals surface area contributed by atoms with Crippen molar-refractivity contribution in [3.8, 4) is 0 Å². The van der Waals surface area contributed by atoms with Crippen LogP contribution in [0.5, 0.6) is 0 Å². The lowest BCUT2D eigenvalue weighted by Crippen LogP contribution is -2.39. The highest BCUT2D eigenvalue weighted by Gasteiger charge is 2.28. The van der Waals surface area contributed by atoms with Crippen molar-refractivity contribution >= 4 is 0 Å². The topological polar surface area (TPSA) is 3.24 Å². The lowest BCUT2D eigenvalue weighted by atomic mass is 9.82. The molecule has 0 spiro atoms. The molecular weight excluding hydrogens is 206 g/mol. The third-order valence-corrected chi connectivity index (χ3v) is 4.16. The van der Waals surface area contributed by atoms with Crippen LogP contribution < -0.4 is 0 Å². The van der Waals surface area contributed by atoms with E-state index in [1.807, 2.05) is 0 Å². The van der Waals surface area contributed by atoms with Crippen LogP contribution in [0.15, 0.2) is 30.3 Å². The van der Waals surface area contributed by atoms with Crippen LogP contribution in [0.2, 0.25) is 0 Å². The predicted octanol–water partition coefficient (Wildman–Crippen LogP) is 4.26. The Hall–Kier alpha value is -0.820. The number of rotatable bonds is 3. The molecule has 2 rings (SSSR count). The standard InChI is InChI=1S/C16H25N/c1-4-15(14-8-6-5-7-9-14)17-12-10-16(2,3)11-13-17/h5-9,15H,4,10-13H2,1-3H3. The molecule has 94 valence electrons. The summed E-state index contributed by atoms with van der Waals surface area (Å²) in [5, 5.41) is 0. The van der Waals surface area contributed by atoms with Gasteiger partial charge in [-0.2, -0.15) is 0 Å². The van der Waals surface area contributed by atoms with Crippen molar-refractivity contribution in [2.24, 2.45) is 5.41 Å². The molecule has 0 aliphatic carbocycles. The highest BCUT2D eigenvalue weighted by atomic mass is 15.2. The van der Waals surface area contributed by atoms with Crippen LogP contribution in [-0.2, 0) is 0 Å². The van der Waals surface area contributed by atoms with Crippen molar-refractivity contribution in [1.82, 2.24) is 4.90 Å². The smallest absolute Gasteiger partial charge is 0.0345 e. The van der Waals surface area contributed by atoms with E-state index in [4.69, 9.17) is 0 Å². The zero-order valence-electron chi connectivity index (χ0n) is 11.4. The summed E-state index contributed by atoms with van der Waals surface area (Å²) in [7, 11) is 0. The van der Waals surface area contributed by atoms with Gasteiger partial charge >= 0.3 is 0 Å². The molecule has 0 aromatic heterocycles. The van der Waals surface area contributed by atoms with Crippen molar-refractivity contribution in [3.63, 3.8) is 0 Å². The highest BCUT2D eigenvalue weighted by molar-refractivity contribution is 5.19. The second kappa shape index (κ2) is 5.22. The molecule has 0 amide bonds. The minimum absolute atomic E-state index is 0.547. The van der Waals surface area contributed by atoms with Gasteiger partial charge in [-0.1, -0.05) is 51.1 Å². The highest BCUT2D eigenvalue weighted by Crippen LogP contribution is 2.34. The van der Waals surface area contributed by atoms with E-state index in [1.54, 1.807) is 0 Å². The van der Waals surface area contributed by atoms with E-state index in [9.17, 15) is 0 Å². The molecule has 1 heterocycles. The van der Waals surface area contributed by atoms with Crippen molar-refractivity contribution in [2.45, 2.75) is 46.1 Å². The quantitative estimate of drug-likeness (QED) is 0.751. The first-order chi connectivity index (χ1) is 8.12. The first kappa shape index (κ1) is 12.6. The summed E-state index contributed by atoms with van der Waals surface area (Å²) in [5.41, 5.74) is 2.03. The summed E-state index contributed by atoms with van der Waals surface area (Å²) in [5.74, 6) is 0. The molecule has 1 fully saturated rings. The van der Waals surface area contributed by atoms with Crippen molar-refractivity contribution in [3.05, 3.63) is 35.9 Å². The predicted molar refractivity (Wildman–Crippen MR) is 74.1 cm³/mol. The number of piperidine rings is 1. The number of hydrogen-bond acceptors (Lipinski definition) is 1. The molecule has 1 heteroatoms. The Labute approximate surface area is 106 Å². The van der Waals surface area contributed by atoms with Crippen molar-refractivity contribution in [2.75, 3.05) is 13.1 Å². The van der Waals surface area contributed by atoms with E-state index >= 15 is 0 Å². The lowest BCUT2D eigenvalue weighted by molar-refractivity contribution is 0.0915. The average Bonchev–Trinajstić information content (AvgIpc) is 2.33. The summed E-state index contributed by atoms with van der Waals surface area (Å²) in [6, 6.07) is 11.6. The molecule has 1 atom stereocenters. The minimum atomic E-state index is 0.547. The lowest BCUT2D eigenvalue weighted by Gasteiger charge is -2.41. The Kier molecular flexibility index (Phi) is 3.88. The molecule has 1 nitrogen and oxygen atoms in total. The number of benzene rings is 1. The van der Waals surface area contributed by atoms with Crippen LogP contribution in [0.25, 0.3) is 0 Å². The van der Waals surface area contributed by atoms with Crippen LogP contribution in [0.3, 0.4) is 0 Å². The maximum absolute atomic E-state index is 2.67. The molecule has 0 saturated carbocycles. The molecular formula is C16H25N. The number of nitrogens with zero attached hydrogens (tertiary/aromatic N) is 1. The fourth-order valence-corrected chi connectivity index (χ4v) is 2.82. The molecule has 1 aromatic carbocycles. The SMILES string of the molecule is CCC(c1ccccc1)N1CCC(C)(C)CC1. The van der Waals surface area contributed by atoms with Gasteiger partial charge in [0, 0.05) is 6.04 Å². The van der Waals surface area contributed by atoms with Crippen molar-refractivity contribution < 1.29 is 0 Å². The maximum atomic E-state index is 2.67. The van der Waals surface area contributed by atoms with Crippen LogP contribution in [0.4, 0.5) is 0 Å². The molecule has 1 aliphatic heterocycles. The summed E-state index contributed by atoms with van der Waals surface area (Å²) in [6.07, 6.45) is 3.87. The monoisotopic (exact) mass is 231 g/mol. The normalized spacial score (nSPS) is 22.3. The van der Waals surface area contributed by atoms with E-state index in [0.717, 1.165) is 0 Å². The number of hydrogen-bond donors (Lipinski definition) is 0. The molecule has 1 saturated heterocycles. The Balaban J connectivity index is 2.05. The summed E-state index contributed by atoms with van der Waals surface area (Å²) in [6.45, 7) is 9.60. The minimum Gasteiger partial charge on any atom is -0.296 e. The van der Waals surface area contributed by atoms with Gasteiger partial charge in [0.1, 0.15) is 0 Å². The summed E-state index contributed by atoms with van der Waals surface area (Å²) < 4.78 is 0. The fourth-order valence-electron chi connectivity index (χ4n) is 2.82. The second-order valence-corrected chi connectivity index (χ2v) is 6.03. The molecule has 0 N–H and O–H groups in total. The van der Waals surface area contributed by atoms with Gasteiger partial charge in [0.2, 0.25) is 0 Å². The van der Waals surface area contributed by atoms with E-state index in [1.165, 1.54) is 37.9 Å². The van der Waals surface area contributed by atoms with Gasteiger partial charge in [-0.3, -0.25) is 4.90 Å². The first-order valence-electron chi connectivity index (χ1n) is 6.91. The zero-order valence-corrected chi connectivity index (χ0v) is 11.4. The third-order valence-electron chi connectivity index (χ3n) is 4.16. The van der Waals surface area contributed by atoms with Gasteiger partial charge < -0.3 is 0 Å². The van der Waals surface area contributed by atoms with Gasteiger partial charge in [-0.25, -0.2) is 0 Å². The molecule has 0 bridgehead atoms. The Morgan fingerprint density at radius 3 is 2.24 bits per heavy atom.